The van der Waals surface area contributed by atoms with Gasteiger partial charge in [-0.2, -0.15) is 0 Å². The number of hydrogen-bond donors (Lipinski definition) is 0. The molecule has 0 spiro atoms. The van der Waals surface area contributed by atoms with Crippen molar-refractivity contribution in [2.75, 3.05) is 0 Å². The van der Waals surface area contributed by atoms with E-state index in [1.54, 1.807) is 6.92 Å². The summed E-state index contributed by atoms with van der Waals surface area (Å²) in [5, 5.41) is 0. The van der Waals surface area contributed by atoms with Crippen LogP contribution in [0.4, 0.5) is 0 Å². The van der Waals surface area contributed by atoms with Crippen molar-refractivity contribution in [1.29, 1.82) is 0 Å². The third kappa shape index (κ3) is 8.83. The first kappa shape index (κ1) is 9.65. The van der Waals surface area contributed by atoms with Crippen LogP contribution in [0.25, 0.3) is 0 Å². The molecule has 0 aliphatic rings. The fraction of sp³-hybridized carbons (Fsp3) is 0.750. The molecule has 0 aliphatic carbocycles. The first-order valence-electron chi connectivity index (χ1n) is 1.76. The Morgan fingerprint density at radius 3 is 1.83 bits per heavy atom. The van der Waals surface area contributed by atoms with Crippen molar-refractivity contribution in [3.8, 4) is 0 Å². The van der Waals surface area contributed by atoms with Gasteiger partial charge in [-0.25, -0.2) is 0 Å². The van der Waals surface area contributed by atoms with Gasteiger partial charge in [0.25, 0.3) is 0 Å². The smallest absolute Gasteiger partial charge is 0.129 e. The molecule has 1 nitrogen and oxygen atoms in total. The Hall–Kier alpha value is 0.410. The summed E-state index contributed by atoms with van der Waals surface area (Å²) < 4.78 is 0. The van der Waals surface area contributed by atoms with Crippen molar-refractivity contribution < 1.29 is 27.2 Å². The van der Waals surface area contributed by atoms with Crippen LogP contribution in [0.1, 0.15) is 20.3 Å². The second-order valence-electron chi connectivity index (χ2n) is 1.06. The summed E-state index contributed by atoms with van der Waals surface area (Å²) in [5.74, 6) is 0.255. The van der Waals surface area contributed by atoms with Crippen LogP contribution < -0.4 is 0 Å². The first-order valence-corrected chi connectivity index (χ1v) is 1.76. The normalized spacial score (nSPS) is 6.33. The molecular formula is C4H8OTa. The molecule has 0 bridgehead atoms. The Labute approximate surface area is 53.6 Å². The topological polar surface area (TPSA) is 17.1 Å². The van der Waals surface area contributed by atoms with Gasteiger partial charge < -0.3 is 4.79 Å². The minimum absolute atomic E-state index is 0. The maximum atomic E-state index is 9.81. The summed E-state index contributed by atoms with van der Waals surface area (Å²) in [5.41, 5.74) is 0. The average molecular weight is 253 g/mol. The van der Waals surface area contributed by atoms with Crippen LogP contribution in [0.5, 0.6) is 0 Å². The number of ketones is 1. The monoisotopic (exact) mass is 253 g/mol. The van der Waals surface area contributed by atoms with E-state index in [0.29, 0.717) is 6.42 Å². The molecule has 0 aromatic carbocycles. The van der Waals surface area contributed by atoms with Gasteiger partial charge in [-0.05, 0) is 6.92 Å². The molecule has 0 fully saturated rings. The van der Waals surface area contributed by atoms with Crippen LogP contribution in [0.2, 0.25) is 0 Å². The minimum atomic E-state index is 0. The Morgan fingerprint density at radius 1 is 1.67 bits per heavy atom. The zero-order valence-electron chi connectivity index (χ0n) is 4.06. The Morgan fingerprint density at radius 2 is 1.83 bits per heavy atom. The first-order chi connectivity index (χ1) is 2.27. The zero-order chi connectivity index (χ0) is 4.28. The van der Waals surface area contributed by atoms with Crippen molar-refractivity contribution in [1.82, 2.24) is 0 Å². The van der Waals surface area contributed by atoms with E-state index in [1.807, 2.05) is 6.92 Å². The summed E-state index contributed by atoms with van der Waals surface area (Å²) in [6.45, 7) is 3.43. The molecule has 0 rings (SSSR count). The molecule has 0 N–H and O–H groups in total. The number of carbonyl (C=O) groups excluding carboxylic acids is 1. The Balaban J connectivity index is 0. The Kier molecular flexibility index (Phi) is 8.70. The third-order valence-corrected chi connectivity index (χ3v) is 0.498. The maximum Gasteiger partial charge on any atom is 0.129 e. The van der Waals surface area contributed by atoms with Crippen molar-refractivity contribution >= 4 is 5.78 Å². The summed E-state index contributed by atoms with van der Waals surface area (Å²) in [6, 6.07) is 0. The SMILES string of the molecule is CCC(C)=O.[Ta]. The van der Waals surface area contributed by atoms with Gasteiger partial charge in [0.1, 0.15) is 5.78 Å². The van der Waals surface area contributed by atoms with E-state index in [-0.39, 0.29) is 28.2 Å². The predicted octanol–water partition coefficient (Wildman–Crippen LogP) is 0.983. The standard InChI is InChI=1S/C4H8O.Ta/c1-3-4(2)5;/h3H2,1-2H3;. The minimum Gasteiger partial charge on any atom is -0.300 e. The molecular weight excluding hydrogens is 245 g/mol. The van der Waals surface area contributed by atoms with Crippen molar-refractivity contribution in [2.45, 2.75) is 20.3 Å². The van der Waals surface area contributed by atoms with E-state index in [9.17, 15) is 4.79 Å². The molecule has 6 heavy (non-hydrogen) atoms. The molecule has 0 aromatic rings. The van der Waals surface area contributed by atoms with Gasteiger partial charge in [0.15, 0.2) is 0 Å². The molecule has 1 radical (unpaired) electrons. The Bertz CT molecular complexity index is 42.8. The molecule has 0 aliphatic heterocycles. The van der Waals surface area contributed by atoms with E-state index in [1.165, 1.54) is 0 Å². The van der Waals surface area contributed by atoms with E-state index < -0.39 is 0 Å². The quantitative estimate of drug-likeness (QED) is 0.680. The van der Waals surface area contributed by atoms with Crippen LogP contribution in [-0.4, -0.2) is 5.78 Å². The number of carbonyl (C=O) groups is 1. The summed E-state index contributed by atoms with van der Waals surface area (Å²) in [6.07, 6.45) is 0.667. The van der Waals surface area contributed by atoms with Crippen LogP contribution in [0, 0.1) is 0 Å². The molecule has 0 unspecified atom stereocenters. The largest absolute Gasteiger partial charge is 0.300 e. The number of rotatable bonds is 1. The average Bonchev–Trinajstić information content (AvgIpc) is 1.38. The summed E-state index contributed by atoms with van der Waals surface area (Å²) in [7, 11) is 0. The van der Waals surface area contributed by atoms with Gasteiger partial charge in [-0.1, -0.05) is 6.92 Å². The maximum absolute atomic E-state index is 9.81. The van der Waals surface area contributed by atoms with Gasteiger partial charge in [0.05, 0.1) is 0 Å². The van der Waals surface area contributed by atoms with E-state index in [0.717, 1.165) is 0 Å². The second-order valence-corrected chi connectivity index (χ2v) is 1.06. The fourth-order valence-electron chi connectivity index (χ4n) is 0. The van der Waals surface area contributed by atoms with E-state index >= 15 is 0 Å². The fourth-order valence-corrected chi connectivity index (χ4v) is 0. The number of Topliss-reactive ketones (excluding diaryl/α,β-unsaturated/α-hetero) is 1. The van der Waals surface area contributed by atoms with Crippen molar-refractivity contribution in [2.24, 2.45) is 0 Å². The second kappa shape index (κ2) is 5.41. The van der Waals surface area contributed by atoms with Gasteiger partial charge >= 0.3 is 0 Å². The van der Waals surface area contributed by atoms with Crippen LogP contribution in [-0.2, 0) is 27.2 Å². The molecule has 0 saturated carbocycles. The van der Waals surface area contributed by atoms with Crippen LogP contribution in [0.3, 0.4) is 0 Å². The molecule has 0 atom stereocenters. The molecule has 0 aromatic heterocycles. The molecule has 35 valence electrons. The van der Waals surface area contributed by atoms with Gasteiger partial charge in [-0.3, -0.25) is 0 Å². The summed E-state index contributed by atoms with van der Waals surface area (Å²) in [4.78, 5) is 9.81. The zero-order valence-corrected chi connectivity index (χ0v) is 7.28. The van der Waals surface area contributed by atoms with Crippen molar-refractivity contribution in [3.63, 3.8) is 0 Å². The molecule has 0 amide bonds. The van der Waals surface area contributed by atoms with Gasteiger partial charge in [-0.15, -0.1) is 0 Å². The van der Waals surface area contributed by atoms with Crippen molar-refractivity contribution in [3.05, 3.63) is 0 Å². The predicted molar refractivity (Wildman–Crippen MR) is 21.0 cm³/mol. The van der Waals surface area contributed by atoms with Gasteiger partial charge in [0, 0.05) is 28.8 Å². The van der Waals surface area contributed by atoms with Gasteiger partial charge in [0.2, 0.25) is 0 Å². The van der Waals surface area contributed by atoms with E-state index in [2.05, 4.69) is 0 Å². The van der Waals surface area contributed by atoms with Crippen LogP contribution >= 0.6 is 0 Å². The number of hydrogen-bond acceptors (Lipinski definition) is 1. The third-order valence-electron chi connectivity index (χ3n) is 0.498. The molecule has 0 heterocycles. The molecule has 0 saturated heterocycles. The van der Waals surface area contributed by atoms with E-state index in [4.69, 9.17) is 0 Å². The van der Waals surface area contributed by atoms with Crippen LogP contribution in [0.15, 0.2) is 0 Å². The molecule has 2 heteroatoms. The summed E-state index contributed by atoms with van der Waals surface area (Å²) >= 11 is 0.